The molecule has 0 aliphatic heterocycles. The molecule has 0 spiro atoms. The van der Waals surface area contributed by atoms with Crippen LogP contribution in [0.5, 0.6) is 0 Å². The van der Waals surface area contributed by atoms with Gasteiger partial charge in [0.05, 0.1) is 5.25 Å². The number of sulfonamides is 1. The topological polar surface area (TPSA) is 74.7 Å². The molecule has 0 bridgehead atoms. The molecule has 5 nitrogen and oxygen atoms in total. The molecule has 0 aromatic heterocycles. The minimum Gasteiger partial charge on any atom is -0.480 e. The van der Waals surface area contributed by atoms with Gasteiger partial charge in [-0.05, 0) is 12.8 Å². The summed E-state index contributed by atoms with van der Waals surface area (Å²) in [4.78, 5) is 10.7. The zero-order valence-electron chi connectivity index (χ0n) is 9.84. The molecule has 1 aliphatic rings. The summed E-state index contributed by atoms with van der Waals surface area (Å²) in [6.45, 7) is 3.05. The maximum Gasteiger partial charge on any atom is 0.318 e. The van der Waals surface area contributed by atoms with Crippen LogP contribution >= 0.6 is 0 Å². The molecule has 17 heavy (non-hydrogen) atoms. The van der Waals surface area contributed by atoms with Crippen molar-refractivity contribution in [3.63, 3.8) is 0 Å². The van der Waals surface area contributed by atoms with Crippen LogP contribution in [0.15, 0.2) is 12.7 Å². The van der Waals surface area contributed by atoms with Gasteiger partial charge in [0.15, 0.2) is 0 Å². The Morgan fingerprint density at radius 3 is 2.41 bits per heavy atom. The largest absolute Gasteiger partial charge is 0.480 e. The number of hydrogen-bond donors (Lipinski definition) is 1. The van der Waals surface area contributed by atoms with Gasteiger partial charge in [0, 0.05) is 6.54 Å². The molecule has 0 radical (unpaired) electrons. The van der Waals surface area contributed by atoms with Gasteiger partial charge in [-0.15, -0.1) is 6.58 Å². The molecule has 0 heterocycles. The van der Waals surface area contributed by atoms with E-state index in [1.165, 1.54) is 6.08 Å². The summed E-state index contributed by atoms with van der Waals surface area (Å²) in [5.74, 6) is -1.13. The third-order valence-corrected chi connectivity index (χ3v) is 5.29. The quantitative estimate of drug-likeness (QED) is 0.729. The van der Waals surface area contributed by atoms with Crippen molar-refractivity contribution in [2.24, 2.45) is 0 Å². The van der Waals surface area contributed by atoms with Crippen molar-refractivity contribution >= 4 is 16.0 Å². The van der Waals surface area contributed by atoms with Crippen molar-refractivity contribution in [2.75, 3.05) is 13.1 Å². The van der Waals surface area contributed by atoms with Crippen LogP contribution in [0.25, 0.3) is 0 Å². The predicted molar refractivity (Wildman–Crippen MR) is 65.2 cm³/mol. The Balaban J connectivity index is 2.81. The second-order valence-electron chi connectivity index (χ2n) is 4.28. The van der Waals surface area contributed by atoms with E-state index in [0.717, 1.165) is 23.6 Å². The Bertz CT molecular complexity index is 371. The highest BCUT2D eigenvalue weighted by atomic mass is 32.2. The Morgan fingerprint density at radius 1 is 1.35 bits per heavy atom. The van der Waals surface area contributed by atoms with Gasteiger partial charge in [-0.3, -0.25) is 4.79 Å². The molecule has 0 amide bonds. The van der Waals surface area contributed by atoms with E-state index in [-0.39, 0.29) is 6.54 Å². The molecule has 1 fully saturated rings. The summed E-state index contributed by atoms with van der Waals surface area (Å²) >= 11 is 0. The van der Waals surface area contributed by atoms with Crippen molar-refractivity contribution in [1.82, 2.24) is 4.31 Å². The third-order valence-electron chi connectivity index (χ3n) is 2.98. The number of hydrogen-bond acceptors (Lipinski definition) is 3. The van der Waals surface area contributed by atoms with Crippen LogP contribution in [0.2, 0.25) is 0 Å². The van der Waals surface area contributed by atoms with E-state index < -0.39 is 27.8 Å². The standard InChI is InChI=1S/C11H19NO4S/c1-2-8-12(9-11(13)14)17(15,16)10-6-4-3-5-7-10/h2,10H,1,3-9H2,(H,13,14). The Kier molecular flexibility index (Phi) is 5.14. The molecule has 0 unspecified atom stereocenters. The van der Waals surface area contributed by atoms with E-state index in [4.69, 9.17) is 5.11 Å². The van der Waals surface area contributed by atoms with Crippen molar-refractivity contribution in [1.29, 1.82) is 0 Å². The Morgan fingerprint density at radius 2 is 1.94 bits per heavy atom. The van der Waals surface area contributed by atoms with Crippen LogP contribution in [-0.2, 0) is 14.8 Å². The normalized spacial score (nSPS) is 18.2. The molecule has 1 N–H and O–H groups in total. The van der Waals surface area contributed by atoms with Crippen molar-refractivity contribution in [3.05, 3.63) is 12.7 Å². The number of carboxylic acid groups (broad SMARTS) is 1. The number of carboxylic acids is 1. The van der Waals surface area contributed by atoms with E-state index in [9.17, 15) is 13.2 Å². The molecular formula is C11H19NO4S. The molecule has 1 rings (SSSR count). The van der Waals surface area contributed by atoms with Crippen LogP contribution < -0.4 is 0 Å². The summed E-state index contributed by atoms with van der Waals surface area (Å²) < 4.78 is 25.5. The fraction of sp³-hybridized carbons (Fsp3) is 0.727. The van der Waals surface area contributed by atoms with Gasteiger partial charge in [0.25, 0.3) is 0 Å². The smallest absolute Gasteiger partial charge is 0.318 e. The van der Waals surface area contributed by atoms with E-state index in [0.29, 0.717) is 12.8 Å². The average molecular weight is 261 g/mol. The second-order valence-corrected chi connectivity index (χ2v) is 6.49. The fourth-order valence-electron chi connectivity index (χ4n) is 2.13. The second kappa shape index (κ2) is 6.16. The lowest BCUT2D eigenvalue weighted by Gasteiger charge is -2.27. The summed E-state index contributed by atoms with van der Waals surface area (Å²) in [7, 11) is -3.50. The monoisotopic (exact) mass is 261 g/mol. The van der Waals surface area contributed by atoms with E-state index in [1.54, 1.807) is 0 Å². The Labute approximate surface area is 102 Å². The summed E-state index contributed by atoms with van der Waals surface area (Å²) in [6.07, 6.45) is 5.55. The van der Waals surface area contributed by atoms with Crippen molar-refractivity contribution in [3.8, 4) is 0 Å². The minimum absolute atomic E-state index is 0.0606. The number of nitrogens with zero attached hydrogens (tertiary/aromatic N) is 1. The number of carbonyl (C=O) groups is 1. The summed E-state index contributed by atoms with van der Waals surface area (Å²) in [5.41, 5.74) is 0. The molecule has 0 aromatic carbocycles. The third kappa shape index (κ3) is 3.81. The molecule has 1 saturated carbocycles. The molecule has 6 heteroatoms. The van der Waals surface area contributed by atoms with E-state index in [1.807, 2.05) is 0 Å². The lowest BCUT2D eigenvalue weighted by atomic mass is 10.0. The van der Waals surface area contributed by atoms with Crippen LogP contribution in [0.3, 0.4) is 0 Å². The molecule has 98 valence electrons. The molecular weight excluding hydrogens is 242 g/mol. The van der Waals surface area contributed by atoms with Crippen molar-refractivity contribution in [2.45, 2.75) is 37.4 Å². The average Bonchev–Trinajstić information content (AvgIpc) is 2.29. The highest BCUT2D eigenvalue weighted by Crippen LogP contribution is 2.25. The lowest BCUT2D eigenvalue weighted by Crippen LogP contribution is -2.42. The van der Waals surface area contributed by atoms with Gasteiger partial charge in [-0.1, -0.05) is 25.3 Å². The maximum absolute atomic E-state index is 12.2. The minimum atomic E-state index is -3.50. The maximum atomic E-state index is 12.2. The first kappa shape index (κ1) is 14.2. The van der Waals surface area contributed by atoms with Gasteiger partial charge in [-0.25, -0.2) is 8.42 Å². The molecule has 1 aliphatic carbocycles. The molecule has 0 aromatic rings. The van der Waals surface area contributed by atoms with E-state index >= 15 is 0 Å². The first-order valence-corrected chi connectivity index (χ1v) is 7.30. The lowest BCUT2D eigenvalue weighted by molar-refractivity contribution is -0.137. The SMILES string of the molecule is C=CCN(CC(=O)O)S(=O)(=O)C1CCCCC1. The molecule has 0 atom stereocenters. The number of aliphatic carboxylic acids is 1. The van der Waals surface area contributed by atoms with Gasteiger partial charge < -0.3 is 5.11 Å². The van der Waals surface area contributed by atoms with Gasteiger partial charge in [-0.2, -0.15) is 4.31 Å². The van der Waals surface area contributed by atoms with Gasteiger partial charge >= 0.3 is 5.97 Å². The highest BCUT2D eigenvalue weighted by Gasteiger charge is 2.33. The van der Waals surface area contributed by atoms with Crippen LogP contribution in [0.4, 0.5) is 0 Å². The van der Waals surface area contributed by atoms with Crippen molar-refractivity contribution < 1.29 is 18.3 Å². The number of rotatable bonds is 6. The Hall–Kier alpha value is -0.880. The van der Waals surface area contributed by atoms with Crippen LogP contribution in [0.1, 0.15) is 32.1 Å². The zero-order chi connectivity index (χ0) is 12.9. The first-order valence-electron chi connectivity index (χ1n) is 5.80. The summed E-state index contributed by atoms with van der Waals surface area (Å²) in [5, 5.41) is 8.31. The summed E-state index contributed by atoms with van der Waals surface area (Å²) in [6, 6.07) is 0. The highest BCUT2D eigenvalue weighted by molar-refractivity contribution is 7.89. The van der Waals surface area contributed by atoms with Crippen LogP contribution in [-0.4, -0.2) is 42.1 Å². The van der Waals surface area contributed by atoms with Crippen LogP contribution in [0, 0.1) is 0 Å². The van der Waals surface area contributed by atoms with E-state index in [2.05, 4.69) is 6.58 Å². The fourth-order valence-corrected chi connectivity index (χ4v) is 4.08. The van der Waals surface area contributed by atoms with Gasteiger partial charge in [0.2, 0.25) is 10.0 Å². The predicted octanol–water partition coefficient (Wildman–Crippen LogP) is 1.22. The first-order chi connectivity index (χ1) is 7.98. The zero-order valence-corrected chi connectivity index (χ0v) is 10.7. The molecule has 0 saturated heterocycles. The van der Waals surface area contributed by atoms with Gasteiger partial charge in [0.1, 0.15) is 6.54 Å².